The first-order valence-corrected chi connectivity index (χ1v) is 11.7. The highest BCUT2D eigenvalue weighted by molar-refractivity contribution is 7.16. The summed E-state index contributed by atoms with van der Waals surface area (Å²) in [6.45, 7) is 3.80. The maximum atomic E-state index is 12.5. The average molecular weight is 451 g/mol. The van der Waals surface area contributed by atoms with E-state index in [-0.39, 0.29) is 30.8 Å². The highest BCUT2D eigenvalue weighted by Gasteiger charge is 2.59. The molecule has 0 radical (unpaired) electrons. The number of aliphatic carboxylic acids is 1. The smallest absolute Gasteiger partial charge is 0.304 e. The predicted octanol–water partition coefficient (Wildman–Crippen LogP) is 3.35. The van der Waals surface area contributed by atoms with Crippen LogP contribution >= 0.6 is 22.7 Å². The van der Waals surface area contributed by atoms with Gasteiger partial charge in [-0.2, -0.15) is 0 Å². The van der Waals surface area contributed by atoms with Crippen LogP contribution in [0.15, 0.2) is 17.5 Å². The molecule has 0 aromatic carbocycles. The van der Waals surface area contributed by atoms with Crippen molar-refractivity contribution in [3.63, 3.8) is 0 Å². The fraction of sp³-hybridized carbons (Fsp3) is 0.571. The lowest BCUT2D eigenvalue weighted by molar-refractivity contribution is -0.150. The van der Waals surface area contributed by atoms with Crippen LogP contribution in [0, 0.1) is 16.7 Å². The number of anilines is 1. The number of thiophene rings is 1. The van der Waals surface area contributed by atoms with E-state index >= 15 is 0 Å². The number of aromatic nitrogens is 1. The molecule has 7 nitrogen and oxygen atoms in total. The van der Waals surface area contributed by atoms with E-state index in [0.29, 0.717) is 29.3 Å². The van der Waals surface area contributed by atoms with Gasteiger partial charge >= 0.3 is 5.97 Å². The average Bonchev–Trinajstić information content (AvgIpc) is 3.36. The van der Waals surface area contributed by atoms with Gasteiger partial charge in [0, 0.05) is 16.2 Å². The maximum absolute atomic E-state index is 12.5. The molecule has 1 saturated carbocycles. The molecule has 162 valence electrons. The number of carboxylic acids is 1. The quantitative estimate of drug-likeness (QED) is 0.555. The van der Waals surface area contributed by atoms with Crippen LogP contribution in [0.2, 0.25) is 0 Å². The van der Waals surface area contributed by atoms with Crippen molar-refractivity contribution in [2.75, 3.05) is 11.9 Å². The van der Waals surface area contributed by atoms with Crippen molar-refractivity contribution < 1.29 is 24.9 Å². The number of hydrogen-bond donors (Lipinski definition) is 4. The molecular weight excluding hydrogens is 424 g/mol. The summed E-state index contributed by atoms with van der Waals surface area (Å²) in [6, 6.07) is 3.55. The van der Waals surface area contributed by atoms with Gasteiger partial charge in [-0.15, -0.1) is 22.7 Å². The number of carbonyl (C=O) groups is 2. The van der Waals surface area contributed by atoms with Crippen LogP contribution in [0.3, 0.4) is 0 Å². The molecule has 2 aromatic heterocycles. The van der Waals surface area contributed by atoms with E-state index < -0.39 is 22.9 Å². The first-order chi connectivity index (χ1) is 14.2. The van der Waals surface area contributed by atoms with Crippen LogP contribution in [0.4, 0.5) is 5.13 Å². The van der Waals surface area contributed by atoms with E-state index in [0.717, 1.165) is 10.6 Å². The van der Waals surface area contributed by atoms with E-state index in [9.17, 15) is 24.9 Å². The molecule has 0 aliphatic heterocycles. The number of nitrogens with zero attached hydrogens (tertiary/aromatic N) is 1. The lowest BCUT2D eigenvalue weighted by Crippen LogP contribution is -2.57. The molecule has 2 aliphatic rings. The van der Waals surface area contributed by atoms with Gasteiger partial charge in [-0.05, 0) is 42.0 Å². The normalized spacial score (nSPS) is 32.9. The number of aliphatic hydroxyl groups excluding tert-OH is 2. The molecule has 0 bridgehead atoms. The second-order valence-corrected chi connectivity index (χ2v) is 10.9. The van der Waals surface area contributed by atoms with Crippen LogP contribution in [-0.4, -0.2) is 44.9 Å². The monoisotopic (exact) mass is 450 g/mol. The molecule has 9 heteroatoms. The highest BCUT2D eigenvalue weighted by Crippen LogP contribution is 2.62. The van der Waals surface area contributed by atoms with Gasteiger partial charge < -0.3 is 15.3 Å². The summed E-state index contributed by atoms with van der Waals surface area (Å²) in [5.74, 6) is -1.56. The van der Waals surface area contributed by atoms with Crippen molar-refractivity contribution >= 4 is 39.7 Å². The van der Waals surface area contributed by atoms with Gasteiger partial charge in [0.2, 0.25) is 0 Å². The molecule has 30 heavy (non-hydrogen) atoms. The van der Waals surface area contributed by atoms with E-state index in [4.69, 9.17) is 0 Å². The van der Waals surface area contributed by atoms with Gasteiger partial charge in [-0.3, -0.25) is 14.9 Å². The van der Waals surface area contributed by atoms with E-state index in [1.54, 1.807) is 6.07 Å². The number of hydrogen-bond acceptors (Lipinski definition) is 7. The summed E-state index contributed by atoms with van der Waals surface area (Å²) in [5, 5.41) is 35.6. The van der Waals surface area contributed by atoms with Crippen molar-refractivity contribution in [1.82, 2.24) is 4.98 Å². The number of amides is 1. The van der Waals surface area contributed by atoms with Crippen LogP contribution in [0.5, 0.6) is 0 Å². The SMILES string of the molecule is CC1(CO)C(O)CCC2(C)C(CC(=O)O)c3nc(NC(=O)c4cccs4)sc3CC12. The summed E-state index contributed by atoms with van der Waals surface area (Å²) in [5.41, 5.74) is -0.392. The standard InChI is InChI=1S/C21H26N2O5S2/c1-20-6-5-15(25)21(2,10-24)14(20)9-13-17(11(20)8-16(26)27)22-19(30-13)23-18(28)12-4-3-7-29-12/h3-4,7,11,14-15,24-25H,5-6,8-10H2,1-2H3,(H,26,27)(H,22,23,28). The van der Waals surface area contributed by atoms with Gasteiger partial charge in [0.1, 0.15) is 0 Å². The Morgan fingerprint density at radius 2 is 2.13 bits per heavy atom. The number of carbonyl (C=O) groups excluding carboxylic acids is 1. The Kier molecular flexibility index (Phi) is 5.50. The third kappa shape index (κ3) is 3.37. The number of fused-ring (bicyclic) bond motifs is 2. The Morgan fingerprint density at radius 3 is 2.77 bits per heavy atom. The second-order valence-electron chi connectivity index (χ2n) is 8.89. The van der Waals surface area contributed by atoms with Gasteiger partial charge in [0.25, 0.3) is 5.91 Å². The topological polar surface area (TPSA) is 120 Å². The molecule has 2 heterocycles. The van der Waals surface area contributed by atoms with E-state index in [1.165, 1.54) is 22.7 Å². The van der Waals surface area contributed by atoms with E-state index in [2.05, 4.69) is 17.2 Å². The third-order valence-corrected chi connectivity index (χ3v) is 9.12. The lowest BCUT2D eigenvalue weighted by Gasteiger charge is -2.58. The summed E-state index contributed by atoms with van der Waals surface area (Å²) >= 11 is 2.71. The minimum absolute atomic E-state index is 0.0698. The molecule has 4 N–H and O–H groups in total. The lowest BCUT2D eigenvalue weighted by atomic mass is 9.47. The molecule has 5 atom stereocenters. The fourth-order valence-electron chi connectivity index (χ4n) is 5.44. The summed E-state index contributed by atoms with van der Waals surface area (Å²) in [4.78, 5) is 30.4. The minimum atomic E-state index is -0.901. The summed E-state index contributed by atoms with van der Waals surface area (Å²) in [6.07, 6.45) is 1.07. The summed E-state index contributed by atoms with van der Waals surface area (Å²) < 4.78 is 0. The first-order valence-electron chi connectivity index (χ1n) is 10.0. The van der Waals surface area contributed by atoms with Crippen molar-refractivity contribution in [3.05, 3.63) is 33.0 Å². The Hall–Kier alpha value is -1.81. The molecule has 1 amide bonds. The molecule has 2 aliphatic carbocycles. The van der Waals surface area contributed by atoms with Gasteiger partial charge in [0.05, 0.1) is 29.7 Å². The van der Waals surface area contributed by atoms with Crippen LogP contribution in [-0.2, 0) is 11.2 Å². The number of rotatable bonds is 5. The van der Waals surface area contributed by atoms with Gasteiger partial charge in [-0.1, -0.05) is 19.9 Å². The minimum Gasteiger partial charge on any atom is -0.481 e. The largest absolute Gasteiger partial charge is 0.481 e. The number of aliphatic hydroxyl groups is 2. The fourth-order valence-corrected chi connectivity index (χ4v) is 7.12. The second kappa shape index (κ2) is 7.71. The van der Waals surface area contributed by atoms with Gasteiger partial charge in [-0.25, -0.2) is 4.98 Å². The van der Waals surface area contributed by atoms with Crippen LogP contribution in [0.1, 0.15) is 59.3 Å². The molecule has 0 saturated heterocycles. The first kappa shape index (κ1) is 21.4. The Balaban J connectivity index is 1.73. The molecular formula is C21H26N2O5S2. The molecule has 0 spiro atoms. The number of thiazole rings is 1. The maximum Gasteiger partial charge on any atom is 0.304 e. The van der Waals surface area contributed by atoms with Crippen LogP contribution in [0.25, 0.3) is 0 Å². The summed E-state index contributed by atoms with van der Waals surface area (Å²) in [7, 11) is 0. The zero-order valence-corrected chi connectivity index (χ0v) is 18.6. The van der Waals surface area contributed by atoms with Crippen molar-refractivity contribution in [1.29, 1.82) is 0 Å². The molecule has 4 rings (SSSR count). The van der Waals surface area contributed by atoms with Crippen molar-refractivity contribution in [2.24, 2.45) is 16.7 Å². The van der Waals surface area contributed by atoms with Crippen molar-refractivity contribution in [2.45, 2.75) is 51.6 Å². The Bertz CT molecular complexity index is 959. The van der Waals surface area contributed by atoms with E-state index in [1.807, 2.05) is 18.4 Å². The molecule has 5 unspecified atom stereocenters. The predicted molar refractivity (Wildman–Crippen MR) is 115 cm³/mol. The zero-order valence-electron chi connectivity index (χ0n) is 16.9. The zero-order chi connectivity index (χ0) is 21.7. The third-order valence-electron chi connectivity index (χ3n) is 7.24. The number of carboxylic acid groups (broad SMARTS) is 1. The molecule has 1 fully saturated rings. The molecule has 2 aromatic rings. The van der Waals surface area contributed by atoms with Crippen molar-refractivity contribution in [3.8, 4) is 0 Å². The number of nitrogens with one attached hydrogen (secondary N) is 1. The Labute approximate surface area is 182 Å². The van der Waals surface area contributed by atoms with Crippen LogP contribution < -0.4 is 5.32 Å². The Morgan fingerprint density at radius 1 is 1.37 bits per heavy atom. The highest BCUT2D eigenvalue weighted by atomic mass is 32.1. The van der Waals surface area contributed by atoms with Gasteiger partial charge in [0.15, 0.2) is 5.13 Å².